The second kappa shape index (κ2) is 5.66. The van der Waals surface area contributed by atoms with E-state index in [1.165, 1.54) is 25.7 Å². The van der Waals surface area contributed by atoms with Crippen LogP contribution >= 0.6 is 11.6 Å². The molecule has 0 aromatic heterocycles. The number of rotatable bonds is 4. The molecule has 76 valence electrons. The molecule has 0 bridgehead atoms. The fraction of sp³-hybridized carbons (Fsp3) is 0.818. The predicted octanol–water partition coefficient (Wildman–Crippen LogP) is 3.38. The van der Waals surface area contributed by atoms with Crippen molar-refractivity contribution < 1.29 is 4.74 Å². The van der Waals surface area contributed by atoms with Gasteiger partial charge < -0.3 is 4.74 Å². The molecule has 1 nitrogen and oxygen atoms in total. The second-order valence-electron chi connectivity index (χ2n) is 3.99. The molecular weight excluding hydrogens is 184 g/mol. The average molecular weight is 203 g/mol. The van der Waals surface area contributed by atoms with E-state index in [0.717, 1.165) is 5.57 Å². The molecule has 1 aliphatic carbocycles. The summed E-state index contributed by atoms with van der Waals surface area (Å²) in [4.78, 5) is 0. The van der Waals surface area contributed by atoms with E-state index in [9.17, 15) is 0 Å². The van der Waals surface area contributed by atoms with Crippen LogP contribution in [0.5, 0.6) is 0 Å². The number of hydrogen-bond acceptors (Lipinski definition) is 1. The molecule has 2 heteroatoms. The maximum absolute atomic E-state index is 5.76. The van der Waals surface area contributed by atoms with E-state index in [1.807, 2.05) is 0 Å². The summed E-state index contributed by atoms with van der Waals surface area (Å²) < 4.78 is 5.76. The zero-order valence-corrected chi connectivity index (χ0v) is 9.15. The van der Waals surface area contributed by atoms with Gasteiger partial charge in [0.25, 0.3) is 0 Å². The van der Waals surface area contributed by atoms with Crippen LogP contribution in [0.3, 0.4) is 0 Å². The number of halogens is 1. The zero-order chi connectivity index (χ0) is 9.68. The highest BCUT2D eigenvalue weighted by Gasteiger charge is 2.21. The molecule has 13 heavy (non-hydrogen) atoms. The lowest BCUT2D eigenvalue weighted by atomic mass is 9.88. The van der Waals surface area contributed by atoms with E-state index in [-0.39, 0.29) is 0 Å². The Bertz CT molecular complexity index is 167. The van der Waals surface area contributed by atoms with Gasteiger partial charge >= 0.3 is 0 Å². The smallest absolute Gasteiger partial charge is 0.0689 e. The largest absolute Gasteiger partial charge is 0.374 e. The van der Waals surface area contributed by atoms with Gasteiger partial charge in [-0.25, -0.2) is 0 Å². The van der Waals surface area contributed by atoms with Crippen molar-refractivity contribution in [1.82, 2.24) is 0 Å². The molecule has 0 spiro atoms. The molecule has 1 aliphatic rings. The fourth-order valence-corrected chi connectivity index (χ4v) is 1.87. The zero-order valence-electron chi connectivity index (χ0n) is 8.39. The van der Waals surface area contributed by atoms with Crippen LogP contribution in [0.1, 0.15) is 32.6 Å². The summed E-state index contributed by atoms with van der Waals surface area (Å²) in [5.74, 6) is 1.22. The third-order valence-electron chi connectivity index (χ3n) is 2.72. The molecule has 0 heterocycles. The summed E-state index contributed by atoms with van der Waals surface area (Å²) in [6.07, 6.45) is 5.61. The van der Waals surface area contributed by atoms with Crippen LogP contribution in [-0.2, 0) is 4.74 Å². The highest BCUT2D eigenvalue weighted by Crippen LogP contribution is 2.26. The Labute approximate surface area is 86.1 Å². The molecular formula is C11H19ClO. The first-order valence-corrected chi connectivity index (χ1v) is 5.61. The number of alkyl halides is 1. The Morgan fingerprint density at radius 2 is 2.15 bits per heavy atom. The second-order valence-corrected chi connectivity index (χ2v) is 4.26. The van der Waals surface area contributed by atoms with E-state index >= 15 is 0 Å². The molecule has 0 aliphatic heterocycles. The van der Waals surface area contributed by atoms with Crippen molar-refractivity contribution in [2.75, 3.05) is 12.5 Å². The van der Waals surface area contributed by atoms with Crippen LogP contribution < -0.4 is 0 Å². The molecule has 0 aromatic rings. The summed E-state index contributed by atoms with van der Waals surface area (Å²) in [7, 11) is 0. The lowest BCUT2D eigenvalue weighted by Crippen LogP contribution is -2.26. The van der Waals surface area contributed by atoms with Gasteiger partial charge in [-0.3, -0.25) is 0 Å². The van der Waals surface area contributed by atoms with Gasteiger partial charge in [0.1, 0.15) is 0 Å². The number of ether oxygens (including phenoxy) is 1. The first kappa shape index (κ1) is 11.1. The topological polar surface area (TPSA) is 9.23 Å². The molecule has 1 fully saturated rings. The van der Waals surface area contributed by atoms with Crippen LogP contribution in [0.4, 0.5) is 0 Å². The van der Waals surface area contributed by atoms with Gasteiger partial charge in [0.2, 0.25) is 0 Å². The monoisotopic (exact) mass is 202 g/mol. The third-order valence-corrected chi connectivity index (χ3v) is 3.10. The Balaban J connectivity index is 2.22. The quantitative estimate of drug-likeness (QED) is 0.502. The molecule has 0 aromatic carbocycles. The minimum absolute atomic E-state index is 0.439. The van der Waals surface area contributed by atoms with Crippen molar-refractivity contribution in [2.24, 2.45) is 5.92 Å². The summed E-state index contributed by atoms with van der Waals surface area (Å²) in [6.45, 7) is 6.73. The predicted molar refractivity (Wildman–Crippen MR) is 57.2 cm³/mol. The fourth-order valence-electron chi connectivity index (χ4n) is 1.79. The summed E-state index contributed by atoms with van der Waals surface area (Å²) >= 11 is 5.63. The Hall–Kier alpha value is -0.0100. The van der Waals surface area contributed by atoms with Crippen molar-refractivity contribution in [1.29, 1.82) is 0 Å². The Morgan fingerprint density at radius 1 is 1.46 bits per heavy atom. The van der Waals surface area contributed by atoms with Crippen LogP contribution in [0.2, 0.25) is 0 Å². The van der Waals surface area contributed by atoms with E-state index in [4.69, 9.17) is 16.3 Å². The standard InChI is InChI=1S/C11H19ClO/c1-9(7-12)8-13-11-6-4-3-5-10(11)2/h10-11H,1,3-8H2,2H3. The van der Waals surface area contributed by atoms with E-state index in [2.05, 4.69) is 13.5 Å². The Morgan fingerprint density at radius 3 is 2.77 bits per heavy atom. The minimum atomic E-state index is 0.439. The maximum atomic E-state index is 5.76. The maximum Gasteiger partial charge on any atom is 0.0689 e. The van der Waals surface area contributed by atoms with E-state index in [1.54, 1.807) is 0 Å². The van der Waals surface area contributed by atoms with Crippen molar-refractivity contribution >= 4 is 11.6 Å². The van der Waals surface area contributed by atoms with Gasteiger partial charge in [-0.15, -0.1) is 11.6 Å². The summed E-state index contributed by atoms with van der Waals surface area (Å²) in [5.41, 5.74) is 0.986. The highest BCUT2D eigenvalue weighted by molar-refractivity contribution is 6.19. The van der Waals surface area contributed by atoms with Gasteiger partial charge in [-0.2, -0.15) is 0 Å². The van der Waals surface area contributed by atoms with Gasteiger partial charge in [-0.05, 0) is 24.3 Å². The molecule has 2 atom stereocenters. The van der Waals surface area contributed by atoms with Crippen molar-refractivity contribution in [3.8, 4) is 0 Å². The first-order chi connectivity index (χ1) is 6.24. The SMILES string of the molecule is C=C(CCl)COC1CCCCC1C. The van der Waals surface area contributed by atoms with Crippen LogP contribution in [0.25, 0.3) is 0 Å². The number of hydrogen-bond donors (Lipinski definition) is 0. The minimum Gasteiger partial charge on any atom is -0.374 e. The molecule has 0 saturated heterocycles. The summed E-state index contributed by atoms with van der Waals surface area (Å²) in [5, 5.41) is 0. The van der Waals surface area contributed by atoms with E-state index < -0.39 is 0 Å². The van der Waals surface area contributed by atoms with Gasteiger partial charge in [0.15, 0.2) is 0 Å². The molecule has 0 N–H and O–H groups in total. The van der Waals surface area contributed by atoms with Crippen LogP contribution in [-0.4, -0.2) is 18.6 Å². The third kappa shape index (κ3) is 3.70. The molecule has 2 unspecified atom stereocenters. The average Bonchev–Trinajstić information content (AvgIpc) is 2.16. The molecule has 1 rings (SSSR count). The molecule has 0 amide bonds. The van der Waals surface area contributed by atoms with Crippen molar-refractivity contribution in [3.05, 3.63) is 12.2 Å². The highest BCUT2D eigenvalue weighted by atomic mass is 35.5. The van der Waals surface area contributed by atoms with Gasteiger partial charge in [0.05, 0.1) is 12.7 Å². The van der Waals surface area contributed by atoms with E-state index in [0.29, 0.717) is 24.5 Å². The van der Waals surface area contributed by atoms with Crippen molar-refractivity contribution in [2.45, 2.75) is 38.7 Å². The first-order valence-electron chi connectivity index (χ1n) is 5.08. The lowest BCUT2D eigenvalue weighted by Gasteiger charge is -2.28. The molecule has 1 saturated carbocycles. The van der Waals surface area contributed by atoms with Gasteiger partial charge in [-0.1, -0.05) is 26.3 Å². The van der Waals surface area contributed by atoms with Crippen LogP contribution in [0.15, 0.2) is 12.2 Å². The molecule has 0 radical (unpaired) electrons. The normalized spacial score (nSPS) is 28.8. The Kier molecular flexibility index (Phi) is 4.82. The van der Waals surface area contributed by atoms with Crippen molar-refractivity contribution in [3.63, 3.8) is 0 Å². The van der Waals surface area contributed by atoms with Gasteiger partial charge in [0, 0.05) is 5.88 Å². The lowest BCUT2D eigenvalue weighted by molar-refractivity contribution is 0.00733. The summed E-state index contributed by atoms with van der Waals surface area (Å²) in [6, 6.07) is 0. The van der Waals surface area contributed by atoms with Crippen LogP contribution in [0, 0.1) is 5.92 Å².